The SMILES string of the molecule is [2H]c1c([2H])c([2H])c2c(-c3cc4ccc5ccccc5c4c4ccccc34)c3c([2H])c([2H])c([2H])c([2H])c3c(-c3ccc(-c4ccccc4)c(-c4ccccc4)c3)c2c1[2H]. The van der Waals surface area contributed by atoms with E-state index in [1.807, 2.05) is 127 Å². The molecular formula is C50H32. The first-order chi connectivity index (χ1) is 28.2. The topological polar surface area (TPSA) is 0 Å². The van der Waals surface area contributed by atoms with E-state index in [0.29, 0.717) is 22.3 Å². The molecule has 0 saturated heterocycles. The maximum atomic E-state index is 9.59. The summed E-state index contributed by atoms with van der Waals surface area (Å²) in [6.07, 6.45) is 0. The van der Waals surface area contributed by atoms with E-state index in [1.54, 1.807) is 0 Å². The van der Waals surface area contributed by atoms with Crippen molar-refractivity contribution in [2.45, 2.75) is 0 Å². The van der Waals surface area contributed by atoms with E-state index in [4.69, 9.17) is 5.48 Å². The molecule has 0 aromatic heterocycles. The number of rotatable bonds is 4. The molecule has 0 saturated carbocycles. The summed E-state index contributed by atoms with van der Waals surface area (Å²) in [7, 11) is 0. The Kier molecular flexibility index (Phi) is 4.97. The number of fused-ring (bicyclic) bond motifs is 7. The molecule has 0 aliphatic heterocycles. The minimum absolute atomic E-state index is 0.188. The van der Waals surface area contributed by atoms with Gasteiger partial charge >= 0.3 is 0 Å². The second-order valence-electron chi connectivity index (χ2n) is 12.6. The Morgan fingerprint density at radius 3 is 1.48 bits per heavy atom. The third-order valence-electron chi connectivity index (χ3n) is 9.87. The molecular weight excluding hydrogens is 601 g/mol. The average Bonchev–Trinajstić information content (AvgIpc) is 3.27. The van der Waals surface area contributed by atoms with E-state index in [1.165, 1.54) is 0 Å². The van der Waals surface area contributed by atoms with Crippen LogP contribution in [0.2, 0.25) is 0 Å². The molecule has 10 aromatic rings. The molecule has 0 heteroatoms. The van der Waals surface area contributed by atoms with E-state index in [0.717, 1.165) is 54.6 Å². The van der Waals surface area contributed by atoms with Crippen molar-refractivity contribution < 1.29 is 11.0 Å². The van der Waals surface area contributed by atoms with Crippen molar-refractivity contribution in [3.8, 4) is 44.5 Å². The van der Waals surface area contributed by atoms with Crippen LogP contribution in [0.5, 0.6) is 0 Å². The molecule has 0 unspecified atom stereocenters. The molecule has 0 radical (unpaired) electrons. The third-order valence-corrected chi connectivity index (χ3v) is 9.87. The first-order valence-corrected chi connectivity index (χ1v) is 16.7. The van der Waals surface area contributed by atoms with Crippen molar-refractivity contribution in [3.63, 3.8) is 0 Å². The first kappa shape index (κ1) is 21.5. The van der Waals surface area contributed by atoms with Crippen molar-refractivity contribution in [1.29, 1.82) is 0 Å². The Labute approximate surface area is 302 Å². The molecule has 0 aliphatic carbocycles. The summed E-state index contributed by atoms with van der Waals surface area (Å²) in [5, 5.41) is 6.52. The molecule has 0 spiro atoms. The summed E-state index contributed by atoms with van der Waals surface area (Å²) in [6.45, 7) is 0. The summed E-state index contributed by atoms with van der Waals surface area (Å²) in [4.78, 5) is 0. The van der Waals surface area contributed by atoms with Crippen LogP contribution in [0.3, 0.4) is 0 Å². The fraction of sp³-hybridized carbons (Fsp3) is 0. The van der Waals surface area contributed by atoms with Gasteiger partial charge in [0.1, 0.15) is 0 Å². The van der Waals surface area contributed by atoms with Crippen LogP contribution in [0.4, 0.5) is 0 Å². The lowest BCUT2D eigenvalue weighted by Crippen LogP contribution is -1.93. The van der Waals surface area contributed by atoms with Crippen molar-refractivity contribution in [1.82, 2.24) is 0 Å². The van der Waals surface area contributed by atoms with Crippen LogP contribution in [-0.2, 0) is 0 Å². The summed E-state index contributed by atoms with van der Waals surface area (Å²) >= 11 is 0. The molecule has 0 aliphatic rings. The summed E-state index contributed by atoms with van der Waals surface area (Å²) in [5.41, 5.74) is 5.54. The van der Waals surface area contributed by atoms with E-state index in [2.05, 4.69) is 18.2 Å². The molecule has 0 amide bonds. The number of hydrogen-bond donors (Lipinski definition) is 0. The normalized spacial score (nSPS) is 13.8. The van der Waals surface area contributed by atoms with Gasteiger partial charge in [0.25, 0.3) is 0 Å². The summed E-state index contributed by atoms with van der Waals surface area (Å²) in [6, 6.07) is 45.0. The van der Waals surface area contributed by atoms with Crippen LogP contribution in [0.15, 0.2) is 194 Å². The zero-order valence-electron chi connectivity index (χ0n) is 34.9. The zero-order chi connectivity index (χ0) is 40.0. The Morgan fingerprint density at radius 1 is 0.300 bits per heavy atom. The predicted octanol–water partition coefficient (Wildman–Crippen LogP) is 14.1. The molecule has 0 heterocycles. The van der Waals surface area contributed by atoms with Crippen LogP contribution in [0.1, 0.15) is 11.0 Å². The van der Waals surface area contributed by atoms with Gasteiger partial charge in [-0.3, -0.25) is 0 Å². The number of hydrogen-bond acceptors (Lipinski definition) is 0. The van der Waals surface area contributed by atoms with E-state index in [-0.39, 0.29) is 45.7 Å². The molecule has 0 atom stereocenters. The van der Waals surface area contributed by atoms with Crippen LogP contribution in [-0.4, -0.2) is 0 Å². The Balaban J connectivity index is 1.44. The monoisotopic (exact) mass is 640 g/mol. The zero-order valence-corrected chi connectivity index (χ0v) is 26.9. The smallest absolute Gasteiger partial charge is 0.0622 e. The third kappa shape index (κ3) is 4.46. The molecule has 0 N–H and O–H groups in total. The minimum atomic E-state index is -0.427. The largest absolute Gasteiger partial charge is 0.0629 e. The fourth-order valence-corrected chi connectivity index (χ4v) is 7.69. The quantitative estimate of drug-likeness (QED) is 0.133. The van der Waals surface area contributed by atoms with Crippen LogP contribution in [0, 0.1) is 0 Å². The highest BCUT2D eigenvalue weighted by atomic mass is 14.2. The van der Waals surface area contributed by atoms with Crippen LogP contribution >= 0.6 is 0 Å². The van der Waals surface area contributed by atoms with Gasteiger partial charge in [-0.1, -0.05) is 182 Å². The average molecular weight is 641 g/mol. The number of benzene rings is 10. The van der Waals surface area contributed by atoms with E-state index < -0.39 is 24.2 Å². The second kappa shape index (κ2) is 11.6. The molecule has 0 nitrogen and oxygen atoms in total. The predicted molar refractivity (Wildman–Crippen MR) is 216 cm³/mol. The highest BCUT2D eigenvalue weighted by Crippen LogP contribution is 2.48. The van der Waals surface area contributed by atoms with Crippen LogP contribution in [0.25, 0.3) is 98.4 Å². The van der Waals surface area contributed by atoms with Gasteiger partial charge in [-0.15, -0.1) is 0 Å². The van der Waals surface area contributed by atoms with Gasteiger partial charge in [0.2, 0.25) is 0 Å². The second-order valence-corrected chi connectivity index (χ2v) is 12.6. The van der Waals surface area contributed by atoms with Gasteiger partial charge in [-0.2, -0.15) is 0 Å². The highest BCUT2D eigenvalue weighted by Gasteiger charge is 2.20. The van der Waals surface area contributed by atoms with Gasteiger partial charge < -0.3 is 0 Å². The summed E-state index contributed by atoms with van der Waals surface area (Å²) < 4.78 is 74.2. The molecule has 0 fully saturated rings. The molecule has 10 aromatic carbocycles. The first-order valence-electron chi connectivity index (χ1n) is 20.7. The highest BCUT2D eigenvalue weighted by molar-refractivity contribution is 6.28. The van der Waals surface area contributed by atoms with Gasteiger partial charge in [-0.25, -0.2) is 0 Å². The maximum Gasteiger partial charge on any atom is 0.0629 e. The standard InChI is InChI=1S/C50H32/c1-3-15-33(16-4-1)38-30-29-37(31-46(38)34-17-5-2-6-18-34)49-42-23-11-13-25-44(42)50(45-26-14-12-24-43(45)49)47-32-36-28-27-35-19-7-8-20-39(35)48(36)41-22-10-9-21-40(41)47/h1-32H/i11D,12D,13D,14D,23D,24D,25D,26D. The fourth-order valence-electron chi connectivity index (χ4n) is 7.69. The molecule has 0 bridgehead atoms. The lowest BCUT2D eigenvalue weighted by atomic mass is 9.82. The Hall–Kier alpha value is -6.50. The lowest BCUT2D eigenvalue weighted by molar-refractivity contribution is 1.58. The van der Waals surface area contributed by atoms with Crippen molar-refractivity contribution in [2.75, 3.05) is 0 Å². The van der Waals surface area contributed by atoms with Crippen molar-refractivity contribution in [2.24, 2.45) is 0 Å². The van der Waals surface area contributed by atoms with E-state index in [9.17, 15) is 5.48 Å². The summed E-state index contributed by atoms with van der Waals surface area (Å²) in [5.74, 6) is 0. The Morgan fingerprint density at radius 2 is 0.820 bits per heavy atom. The molecule has 50 heavy (non-hydrogen) atoms. The molecule has 232 valence electrons. The van der Waals surface area contributed by atoms with Gasteiger partial charge in [-0.05, 0) is 111 Å². The minimum Gasteiger partial charge on any atom is -0.0622 e. The Bertz CT molecular complexity index is 3280. The maximum absolute atomic E-state index is 9.59. The van der Waals surface area contributed by atoms with Crippen molar-refractivity contribution >= 4 is 53.9 Å². The van der Waals surface area contributed by atoms with Gasteiger partial charge in [0, 0.05) is 0 Å². The lowest BCUT2D eigenvalue weighted by Gasteiger charge is -2.21. The van der Waals surface area contributed by atoms with Crippen molar-refractivity contribution in [3.05, 3.63) is 194 Å². The van der Waals surface area contributed by atoms with Crippen LogP contribution < -0.4 is 0 Å². The van der Waals surface area contributed by atoms with Gasteiger partial charge in [0.15, 0.2) is 0 Å². The van der Waals surface area contributed by atoms with E-state index >= 15 is 0 Å². The van der Waals surface area contributed by atoms with Gasteiger partial charge in [0.05, 0.1) is 11.0 Å². The molecule has 10 rings (SSSR count).